The molecule has 1 fully saturated rings. The summed E-state index contributed by atoms with van der Waals surface area (Å²) in [6.07, 6.45) is 11.9. The Balaban J connectivity index is 1.84. The van der Waals surface area contributed by atoms with Gasteiger partial charge in [-0.2, -0.15) is 0 Å². The summed E-state index contributed by atoms with van der Waals surface area (Å²) in [6.45, 7) is 0. The second-order valence-corrected chi connectivity index (χ2v) is 5.15. The maximum Gasteiger partial charge on any atom is 0.0369 e. The van der Waals surface area contributed by atoms with Crippen molar-refractivity contribution in [1.29, 1.82) is 0 Å². The minimum Gasteiger partial charge on any atom is -0.0847 e. The van der Waals surface area contributed by atoms with Crippen LogP contribution in [0.25, 0.3) is 5.57 Å². The Kier molecular flexibility index (Phi) is 2.90. The summed E-state index contributed by atoms with van der Waals surface area (Å²) in [7, 11) is 0. The minimum absolute atomic E-state index is 0.825. The van der Waals surface area contributed by atoms with Gasteiger partial charge in [-0.25, -0.2) is 0 Å². The highest BCUT2D eigenvalue weighted by molar-refractivity contribution is 6.31. The SMILES string of the molecule is ClC1=CCC=C(c2ccc(C3CC3)cc2)C=C1. The maximum atomic E-state index is 5.99. The third-order valence-corrected chi connectivity index (χ3v) is 3.65. The molecule has 0 nitrogen and oxygen atoms in total. The number of hydrogen-bond donors (Lipinski definition) is 0. The molecule has 0 N–H and O–H groups in total. The van der Waals surface area contributed by atoms with E-state index in [2.05, 4.69) is 36.4 Å². The third kappa shape index (κ3) is 2.53. The fourth-order valence-corrected chi connectivity index (χ4v) is 2.33. The van der Waals surface area contributed by atoms with Crippen LogP contribution in [0.1, 0.15) is 36.3 Å². The largest absolute Gasteiger partial charge is 0.0847 e. The molecular weight excluding hydrogens is 228 g/mol. The molecule has 2 aliphatic carbocycles. The summed E-state index contributed by atoms with van der Waals surface area (Å²) >= 11 is 5.99. The van der Waals surface area contributed by atoms with Gasteiger partial charge in [0.15, 0.2) is 0 Å². The second kappa shape index (κ2) is 4.54. The first-order chi connectivity index (χ1) is 8.33. The van der Waals surface area contributed by atoms with E-state index < -0.39 is 0 Å². The van der Waals surface area contributed by atoms with E-state index in [1.165, 1.54) is 29.5 Å². The van der Waals surface area contributed by atoms with Crippen LogP contribution in [0.15, 0.2) is 53.6 Å². The van der Waals surface area contributed by atoms with Gasteiger partial charge in [-0.05, 0) is 48.0 Å². The Bertz CT molecular complexity index is 499. The van der Waals surface area contributed by atoms with E-state index in [9.17, 15) is 0 Å². The van der Waals surface area contributed by atoms with Crippen LogP contribution in [0.2, 0.25) is 0 Å². The van der Waals surface area contributed by atoms with Crippen molar-refractivity contribution in [3.05, 3.63) is 64.7 Å². The van der Waals surface area contributed by atoms with Crippen LogP contribution in [0.4, 0.5) is 0 Å². The van der Waals surface area contributed by atoms with Gasteiger partial charge in [0.1, 0.15) is 0 Å². The first kappa shape index (κ1) is 10.9. The average molecular weight is 243 g/mol. The molecule has 0 radical (unpaired) electrons. The lowest BCUT2D eigenvalue weighted by molar-refractivity contribution is 1.13. The summed E-state index contributed by atoms with van der Waals surface area (Å²) in [5.41, 5.74) is 4.03. The lowest BCUT2D eigenvalue weighted by atomic mass is 10.0. The fourth-order valence-electron chi connectivity index (χ4n) is 2.18. The third-order valence-electron chi connectivity index (χ3n) is 3.37. The van der Waals surface area contributed by atoms with E-state index in [0.29, 0.717) is 0 Å². The Morgan fingerprint density at radius 1 is 0.941 bits per heavy atom. The van der Waals surface area contributed by atoms with Gasteiger partial charge in [-0.1, -0.05) is 54.1 Å². The fraction of sp³-hybridized carbons (Fsp3) is 0.250. The molecule has 0 atom stereocenters. The molecule has 2 aliphatic rings. The lowest BCUT2D eigenvalue weighted by Gasteiger charge is -2.04. The zero-order valence-electron chi connectivity index (χ0n) is 9.70. The quantitative estimate of drug-likeness (QED) is 0.682. The molecule has 0 bridgehead atoms. The summed E-state index contributed by atoms with van der Waals surface area (Å²) in [5, 5.41) is 0.825. The molecule has 86 valence electrons. The summed E-state index contributed by atoms with van der Waals surface area (Å²) in [5.74, 6) is 0.832. The molecule has 1 aromatic carbocycles. The summed E-state index contributed by atoms with van der Waals surface area (Å²) in [6, 6.07) is 8.98. The van der Waals surface area contributed by atoms with Crippen molar-refractivity contribution >= 4 is 17.2 Å². The molecule has 1 saturated carbocycles. The molecule has 0 saturated heterocycles. The normalized spacial score (nSPS) is 19.6. The molecule has 0 aromatic heterocycles. The van der Waals surface area contributed by atoms with Gasteiger partial charge in [0.2, 0.25) is 0 Å². The highest BCUT2D eigenvalue weighted by atomic mass is 35.5. The predicted octanol–water partition coefficient (Wildman–Crippen LogP) is 5.03. The lowest BCUT2D eigenvalue weighted by Crippen LogP contribution is -1.83. The van der Waals surface area contributed by atoms with Gasteiger partial charge in [0, 0.05) is 5.03 Å². The Labute approximate surface area is 107 Å². The number of benzene rings is 1. The Morgan fingerprint density at radius 3 is 2.41 bits per heavy atom. The van der Waals surface area contributed by atoms with Crippen molar-refractivity contribution in [1.82, 2.24) is 0 Å². The number of hydrogen-bond acceptors (Lipinski definition) is 0. The number of allylic oxidation sites excluding steroid dienone is 6. The van der Waals surface area contributed by atoms with Crippen molar-refractivity contribution in [2.75, 3.05) is 0 Å². The van der Waals surface area contributed by atoms with Gasteiger partial charge in [0.05, 0.1) is 0 Å². The zero-order chi connectivity index (χ0) is 11.7. The summed E-state index contributed by atoms with van der Waals surface area (Å²) < 4.78 is 0. The van der Waals surface area contributed by atoms with Crippen LogP contribution >= 0.6 is 11.6 Å². The van der Waals surface area contributed by atoms with Crippen LogP contribution in [-0.2, 0) is 0 Å². The van der Waals surface area contributed by atoms with Gasteiger partial charge in [-0.3, -0.25) is 0 Å². The topological polar surface area (TPSA) is 0 Å². The van der Waals surface area contributed by atoms with Gasteiger partial charge >= 0.3 is 0 Å². The second-order valence-electron chi connectivity index (χ2n) is 4.71. The molecule has 3 rings (SSSR count). The van der Waals surface area contributed by atoms with Gasteiger partial charge < -0.3 is 0 Å². The van der Waals surface area contributed by atoms with Crippen LogP contribution < -0.4 is 0 Å². The molecule has 0 amide bonds. The molecule has 0 heterocycles. The van der Waals surface area contributed by atoms with Crippen molar-refractivity contribution in [2.45, 2.75) is 25.2 Å². The smallest absolute Gasteiger partial charge is 0.0369 e. The predicted molar refractivity (Wildman–Crippen MR) is 74.1 cm³/mol. The Hall–Kier alpha value is -1.27. The zero-order valence-corrected chi connectivity index (χ0v) is 10.5. The molecule has 1 aromatic rings. The molecule has 17 heavy (non-hydrogen) atoms. The van der Waals surface area contributed by atoms with E-state index in [1.54, 1.807) is 0 Å². The molecular formula is C16H15Cl. The van der Waals surface area contributed by atoms with Crippen molar-refractivity contribution in [3.8, 4) is 0 Å². The maximum absolute atomic E-state index is 5.99. The van der Waals surface area contributed by atoms with Gasteiger partial charge in [-0.15, -0.1) is 0 Å². The molecule has 0 spiro atoms. The van der Waals surface area contributed by atoms with Crippen molar-refractivity contribution in [3.63, 3.8) is 0 Å². The highest BCUT2D eigenvalue weighted by Gasteiger charge is 2.22. The standard InChI is InChI=1S/C16H15Cl/c17-16-3-1-2-12(10-11-16)13-4-6-14(7-5-13)15-8-9-15/h2-7,10-11,15H,1,8-9H2. The van der Waals surface area contributed by atoms with Crippen LogP contribution in [-0.4, -0.2) is 0 Å². The van der Waals surface area contributed by atoms with E-state index in [4.69, 9.17) is 11.6 Å². The van der Waals surface area contributed by atoms with E-state index in [1.807, 2.05) is 12.2 Å². The average Bonchev–Trinajstić information content (AvgIpc) is 3.16. The molecule has 1 heteroatoms. The van der Waals surface area contributed by atoms with E-state index in [0.717, 1.165) is 17.4 Å². The van der Waals surface area contributed by atoms with Crippen molar-refractivity contribution in [2.24, 2.45) is 0 Å². The van der Waals surface area contributed by atoms with Crippen LogP contribution in [0.3, 0.4) is 0 Å². The Morgan fingerprint density at radius 2 is 1.71 bits per heavy atom. The van der Waals surface area contributed by atoms with Crippen LogP contribution in [0.5, 0.6) is 0 Å². The molecule has 0 unspecified atom stereocenters. The van der Waals surface area contributed by atoms with E-state index >= 15 is 0 Å². The number of halogens is 1. The van der Waals surface area contributed by atoms with Crippen molar-refractivity contribution < 1.29 is 0 Å². The van der Waals surface area contributed by atoms with E-state index in [-0.39, 0.29) is 0 Å². The first-order valence-electron chi connectivity index (χ1n) is 6.17. The van der Waals surface area contributed by atoms with Crippen LogP contribution in [0, 0.1) is 0 Å². The summed E-state index contributed by atoms with van der Waals surface area (Å²) in [4.78, 5) is 0. The highest BCUT2D eigenvalue weighted by Crippen LogP contribution is 2.40. The minimum atomic E-state index is 0.825. The van der Waals surface area contributed by atoms with Gasteiger partial charge in [0.25, 0.3) is 0 Å². The molecule has 0 aliphatic heterocycles. The number of rotatable bonds is 2. The monoisotopic (exact) mass is 242 g/mol. The first-order valence-corrected chi connectivity index (χ1v) is 6.55.